The lowest BCUT2D eigenvalue weighted by molar-refractivity contribution is 0.0834. The lowest BCUT2D eigenvalue weighted by atomic mass is 9.88. The Morgan fingerprint density at radius 2 is 1.64 bits per heavy atom. The maximum Gasteiger partial charge on any atom is 0.0270 e. The van der Waals surface area contributed by atoms with E-state index in [1.807, 2.05) is 0 Å². The molecule has 1 aromatic carbocycles. The third kappa shape index (κ3) is 2.73. The topological polar surface area (TPSA) is 3.24 Å². The van der Waals surface area contributed by atoms with Crippen LogP contribution in [0.4, 0.5) is 0 Å². The van der Waals surface area contributed by atoms with Gasteiger partial charge in [-0.2, -0.15) is 0 Å². The molecule has 2 atom stereocenters. The highest BCUT2D eigenvalue weighted by atomic mass is 15.2. The van der Waals surface area contributed by atoms with Crippen LogP contribution in [-0.4, -0.2) is 23.5 Å². The van der Waals surface area contributed by atoms with Crippen molar-refractivity contribution in [2.75, 3.05) is 13.1 Å². The quantitative estimate of drug-likeness (QED) is 0.734. The molecule has 0 bridgehead atoms. The van der Waals surface area contributed by atoms with Crippen molar-refractivity contribution in [2.24, 2.45) is 11.8 Å². The Bertz CT molecular complexity index is 470. The first-order valence-corrected chi connectivity index (χ1v) is 9.68. The first kappa shape index (κ1) is 14.8. The van der Waals surface area contributed by atoms with Crippen molar-refractivity contribution >= 4 is 0 Å². The Morgan fingerprint density at radius 3 is 2.36 bits per heavy atom. The van der Waals surface area contributed by atoms with Crippen molar-refractivity contribution in [3.05, 3.63) is 35.9 Å². The van der Waals surface area contributed by atoms with E-state index in [2.05, 4.69) is 35.2 Å². The van der Waals surface area contributed by atoms with Gasteiger partial charge in [0.15, 0.2) is 0 Å². The summed E-state index contributed by atoms with van der Waals surface area (Å²) in [6.07, 6.45) is 14.6. The molecule has 0 radical (unpaired) electrons. The average Bonchev–Trinajstić information content (AvgIpc) is 3.05. The number of aryl methyl sites for hydroxylation is 1. The molecule has 2 saturated carbocycles. The lowest BCUT2D eigenvalue weighted by Gasteiger charge is -2.40. The summed E-state index contributed by atoms with van der Waals surface area (Å²) in [5, 5.41) is 0. The van der Waals surface area contributed by atoms with Crippen LogP contribution in [0, 0.1) is 11.8 Å². The van der Waals surface area contributed by atoms with Gasteiger partial charge < -0.3 is 0 Å². The predicted molar refractivity (Wildman–Crippen MR) is 93.0 cm³/mol. The number of piperidine rings is 1. The van der Waals surface area contributed by atoms with E-state index in [4.69, 9.17) is 0 Å². The van der Waals surface area contributed by atoms with Gasteiger partial charge in [-0.3, -0.25) is 4.90 Å². The largest absolute Gasteiger partial charge is 0.297 e. The third-order valence-corrected chi connectivity index (χ3v) is 6.75. The van der Waals surface area contributed by atoms with Crippen LogP contribution < -0.4 is 0 Å². The van der Waals surface area contributed by atoms with E-state index in [0.29, 0.717) is 5.54 Å². The van der Waals surface area contributed by atoms with Crippen LogP contribution in [0.25, 0.3) is 0 Å². The summed E-state index contributed by atoms with van der Waals surface area (Å²) >= 11 is 0. The third-order valence-electron chi connectivity index (χ3n) is 6.75. The van der Waals surface area contributed by atoms with Gasteiger partial charge in [0.2, 0.25) is 0 Å². The molecule has 22 heavy (non-hydrogen) atoms. The molecule has 3 aliphatic rings. The molecule has 0 unspecified atom stereocenters. The number of hydrogen-bond donors (Lipinski definition) is 0. The van der Waals surface area contributed by atoms with Gasteiger partial charge in [0.25, 0.3) is 0 Å². The highest BCUT2D eigenvalue weighted by molar-refractivity contribution is 5.19. The van der Waals surface area contributed by atoms with Crippen LogP contribution in [-0.2, 0) is 6.42 Å². The van der Waals surface area contributed by atoms with Crippen LogP contribution in [0.5, 0.6) is 0 Å². The van der Waals surface area contributed by atoms with Gasteiger partial charge in [0, 0.05) is 5.54 Å². The van der Waals surface area contributed by atoms with E-state index in [-0.39, 0.29) is 0 Å². The van der Waals surface area contributed by atoms with E-state index in [1.54, 1.807) is 0 Å². The highest BCUT2D eigenvalue weighted by Crippen LogP contribution is 2.60. The maximum atomic E-state index is 2.95. The van der Waals surface area contributed by atoms with Crippen LogP contribution >= 0.6 is 0 Å². The van der Waals surface area contributed by atoms with Crippen LogP contribution in [0.15, 0.2) is 30.3 Å². The summed E-state index contributed by atoms with van der Waals surface area (Å²) in [5.74, 6) is 2.00. The summed E-state index contributed by atoms with van der Waals surface area (Å²) in [7, 11) is 0. The molecule has 0 amide bonds. The fraction of sp³-hybridized carbons (Fsp3) is 0.714. The second-order valence-electron chi connectivity index (χ2n) is 7.95. The van der Waals surface area contributed by atoms with E-state index in [0.717, 1.165) is 11.8 Å². The van der Waals surface area contributed by atoms with Crippen molar-refractivity contribution < 1.29 is 0 Å². The molecule has 0 spiro atoms. The zero-order chi connectivity index (χ0) is 14.8. The normalized spacial score (nSPS) is 33.2. The SMILES string of the molecule is c1ccc(CC[C@H]2C[C@]2(C2CCCC2)N2CCCCC2)cc1. The van der Waals surface area contributed by atoms with Crippen molar-refractivity contribution in [1.29, 1.82) is 0 Å². The van der Waals surface area contributed by atoms with Crippen LogP contribution in [0.1, 0.15) is 63.4 Å². The zero-order valence-electron chi connectivity index (χ0n) is 14.0. The second kappa shape index (κ2) is 6.35. The van der Waals surface area contributed by atoms with Crippen molar-refractivity contribution in [1.82, 2.24) is 4.90 Å². The summed E-state index contributed by atoms with van der Waals surface area (Å²) in [6.45, 7) is 2.77. The van der Waals surface area contributed by atoms with Crippen LogP contribution in [0.2, 0.25) is 0 Å². The molecule has 0 N–H and O–H groups in total. The molecule has 1 heterocycles. The second-order valence-corrected chi connectivity index (χ2v) is 7.95. The van der Waals surface area contributed by atoms with Gasteiger partial charge in [0.1, 0.15) is 0 Å². The molecular weight excluding hydrogens is 266 g/mol. The molecule has 1 nitrogen and oxygen atoms in total. The van der Waals surface area contributed by atoms with Crippen LogP contribution in [0.3, 0.4) is 0 Å². The van der Waals surface area contributed by atoms with Crippen molar-refractivity contribution in [3.8, 4) is 0 Å². The van der Waals surface area contributed by atoms with E-state index >= 15 is 0 Å². The number of rotatable bonds is 5. The monoisotopic (exact) mass is 297 g/mol. The van der Waals surface area contributed by atoms with E-state index in [9.17, 15) is 0 Å². The van der Waals surface area contributed by atoms with Gasteiger partial charge in [-0.1, -0.05) is 49.6 Å². The minimum atomic E-state index is 0.631. The summed E-state index contributed by atoms with van der Waals surface area (Å²) < 4.78 is 0. The first-order valence-electron chi connectivity index (χ1n) is 9.68. The number of likely N-dealkylation sites (tertiary alicyclic amines) is 1. The van der Waals surface area contributed by atoms with Crippen molar-refractivity contribution in [3.63, 3.8) is 0 Å². The highest BCUT2D eigenvalue weighted by Gasteiger charge is 2.61. The van der Waals surface area contributed by atoms with Gasteiger partial charge in [-0.25, -0.2) is 0 Å². The molecule has 0 aromatic heterocycles. The Kier molecular flexibility index (Phi) is 4.26. The molecule has 120 valence electrons. The van der Waals surface area contributed by atoms with Gasteiger partial charge in [-0.15, -0.1) is 0 Å². The van der Waals surface area contributed by atoms with Crippen molar-refractivity contribution in [2.45, 2.75) is 69.7 Å². The lowest BCUT2D eigenvalue weighted by Crippen LogP contribution is -2.46. The Morgan fingerprint density at radius 1 is 0.909 bits per heavy atom. The van der Waals surface area contributed by atoms with E-state index < -0.39 is 0 Å². The molecule has 1 saturated heterocycles. The first-order chi connectivity index (χ1) is 10.9. The Balaban J connectivity index is 1.43. The number of nitrogens with zero attached hydrogens (tertiary/aromatic N) is 1. The van der Waals surface area contributed by atoms with Gasteiger partial charge >= 0.3 is 0 Å². The molecule has 1 aliphatic heterocycles. The smallest absolute Gasteiger partial charge is 0.0270 e. The standard InChI is InChI=1S/C21H31N/c1-3-9-18(10-4-1)13-14-20-17-21(20,19-11-5-6-12-19)22-15-7-2-8-16-22/h1,3-4,9-10,19-20H,2,5-8,11-17H2/t20-,21+/m0/s1. The fourth-order valence-electron chi connectivity index (χ4n) is 5.55. The minimum absolute atomic E-state index is 0.631. The predicted octanol–water partition coefficient (Wildman–Crippen LogP) is 5.05. The minimum Gasteiger partial charge on any atom is -0.297 e. The van der Waals surface area contributed by atoms with Gasteiger partial charge in [-0.05, 0) is 75.4 Å². The van der Waals surface area contributed by atoms with E-state index in [1.165, 1.54) is 82.9 Å². The molecule has 4 rings (SSSR count). The number of benzene rings is 1. The summed E-state index contributed by atoms with van der Waals surface area (Å²) in [6, 6.07) is 11.1. The summed E-state index contributed by atoms with van der Waals surface area (Å²) in [5.41, 5.74) is 2.17. The molecular formula is C21H31N. The Hall–Kier alpha value is -0.820. The average molecular weight is 297 g/mol. The maximum absolute atomic E-state index is 2.95. The zero-order valence-corrected chi connectivity index (χ0v) is 14.0. The summed E-state index contributed by atoms with van der Waals surface area (Å²) in [4.78, 5) is 2.95. The Labute approximate surface area is 136 Å². The fourth-order valence-corrected chi connectivity index (χ4v) is 5.55. The van der Waals surface area contributed by atoms with Gasteiger partial charge in [0.05, 0.1) is 0 Å². The molecule has 1 heteroatoms. The molecule has 1 aromatic rings. The number of hydrogen-bond acceptors (Lipinski definition) is 1. The molecule has 3 fully saturated rings. The molecule has 2 aliphatic carbocycles.